The Balaban J connectivity index is 2.02. The first-order chi connectivity index (χ1) is 13.0. The van der Waals surface area contributed by atoms with Crippen LogP contribution in [-0.2, 0) is 0 Å². The third kappa shape index (κ3) is 2.62. The second-order valence-electron chi connectivity index (χ2n) is 6.18. The lowest BCUT2D eigenvalue weighted by Gasteiger charge is -2.28. The van der Waals surface area contributed by atoms with Crippen molar-refractivity contribution in [3.05, 3.63) is 76.1 Å². The van der Waals surface area contributed by atoms with Crippen LogP contribution in [0.5, 0.6) is 17.2 Å². The summed E-state index contributed by atoms with van der Waals surface area (Å²) in [6.07, 6.45) is 0. The Kier molecular flexibility index (Phi) is 4.06. The molecule has 6 heteroatoms. The molecule has 1 atom stereocenters. The SMILES string of the molecule is COc1cc([C@H]2C(C#N)=C(N)Oc3c2ccc2ccccc32)cc(Cl)c1O. The number of phenolic OH excluding ortho intramolecular Hbond substituents is 1. The summed E-state index contributed by atoms with van der Waals surface area (Å²) in [5, 5.41) is 21.8. The maximum atomic E-state index is 10.0. The first-order valence-corrected chi connectivity index (χ1v) is 8.58. The Morgan fingerprint density at radius 2 is 2.00 bits per heavy atom. The third-order valence-electron chi connectivity index (χ3n) is 4.71. The minimum Gasteiger partial charge on any atom is -0.503 e. The fraction of sp³-hybridized carbons (Fsp3) is 0.0952. The zero-order chi connectivity index (χ0) is 19.1. The molecule has 0 unspecified atom stereocenters. The molecule has 0 aromatic heterocycles. The Morgan fingerprint density at radius 3 is 2.74 bits per heavy atom. The zero-order valence-electron chi connectivity index (χ0n) is 14.4. The van der Waals surface area contributed by atoms with E-state index in [1.807, 2.05) is 36.4 Å². The van der Waals surface area contributed by atoms with Gasteiger partial charge in [-0.15, -0.1) is 0 Å². The lowest BCUT2D eigenvalue weighted by molar-refractivity contribution is 0.372. The summed E-state index contributed by atoms with van der Waals surface area (Å²) < 4.78 is 11.0. The molecule has 4 rings (SSSR count). The Bertz CT molecular complexity index is 1150. The molecule has 3 N–H and O–H groups in total. The number of hydrogen-bond acceptors (Lipinski definition) is 5. The molecule has 134 valence electrons. The standard InChI is InChI=1S/C21H15ClN2O3/c1-26-17-9-12(8-16(22)19(17)25)18-14-7-6-11-4-2-3-5-13(11)20(14)27-21(24)15(18)10-23/h2-9,18,25H,24H2,1H3/t18-/m1/s1. The molecule has 27 heavy (non-hydrogen) atoms. The van der Waals surface area contributed by atoms with E-state index in [0.717, 1.165) is 16.3 Å². The largest absolute Gasteiger partial charge is 0.503 e. The molecule has 0 saturated carbocycles. The minimum atomic E-state index is -0.490. The van der Waals surface area contributed by atoms with Crippen LogP contribution in [0.1, 0.15) is 17.0 Å². The fourth-order valence-electron chi connectivity index (χ4n) is 3.45. The van der Waals surface area contributed by atoms with Gasteiger partial charge in [-0.2, -0.15) is 5.26 Å². The number of nitrogens with zero attached hydrogens (tertiary/aromatic N) is 1. The maximum absolute atomic E-state index is 10.0. The Labute approximate surface area is 160 Å². The van der Waals surface area contributed by atoms with Gasteiger partial charge in [0.05, 0.1) is 18.1 Å². The summed E-state index contributed by atoms with van der Waals surface area (Å²) in [6.45, 7) is 0. The molecule has 0 fully saturated rings. The molecule has 0 aliphatic carbocycles. The average molecular weight is 379 g/mol. The molecule has 0 spiro atoms. The van der Waals surface area contributed by atoms with Gasteiger partial charge in [0.2, 0.25) is 5.88 Å². The van der Waals surface area contributed by atoms with Crippen molar-refractivity contribution in [1.29, 1.82) is 5.26 Å². The summed E-state index contributed by atoms with van der Waals surface area (Å²) >= 11 is 6.17. The lowest BCUT2D eigenvalue weighted by Crippen LogP contribution is -2.21. The van der Waals surface area contributed by atoms with E-state index in [9.17, 15) is 10.4 Å². The van der Waals surface area contributed by atoms with Crippen LogP contribution >= 0.6 is 11.6 Å². The highest BCUT2D eigenvalue weighted by Gasteiger charge is 2.32. The topological polar surface area (TPSA) is 88.5 Å². The third-order valence-corrected chi connectivity index (χ3v) is 5.00. The normalized spacial score (nSPS) is 15.8. The number of allylic oxidation sites excluding steroid dienone is 1. The van der Waals surface area contributed by atoms with Gasteiger partial charge in [0, 0.05) is 10.9 Å². The van der Waals surface area contributed by atoms with Gasteiger partial charge in [-0.1, -0.05) is 48.0 Å². The smallest absolute Gasteiger partial charge is 0.205 e. The number of hydrogen-bond donors (Lipinski definition) is 2. The van der Waals surface area contributed by atoms with Gasteiger partial charge in [-0.25, -0.2) is 0 Å². The number of aromatic hydroxyl groups is 1. The number of rotatable bonds is 2. The number of fused-ring (bicyclic) bond motifs is 3. The second kappa shape index (κ2) is 6.42. The molecule has 3 aromatic carbocycles. The summed E-state index contributed by atoms with van der Waals surface area (Å²) in [4.78, 5) is 0. The van der Waals surface area contributed by atoms with Gasteiger partial charge in [0.15, 0.2) is 11.5 Å². The van der Waals surface area contributed by atoms with Crippen molar-refractivity contribution >= 4 is 22.4 Å². The van der Waals surface area contributed by atoms with E-state index in [4.69, 9.17) is 26.8 Å². The highest BCUT2D eigenvalue weighted by molar-refractivity contribution is 6.32. The zero-order valence-corrected chi connectivity index (χ0v) is 15.1. The molecule has 1 aliphatic heterocycles. The van der Waals surface area contributed by atoms with E-state index in [1.54, 1.807) is 12.1 Å². The average Bonchev–Trinajstić information content (AvgIpc) is 2.68. The monoisotopic (exact) mass is 378 g/mol. The van der Waals surface area contributed by atoms with Crippen LogP contribution in [0.3, 0.4) is 0 Å². The van der Waals surface area contributed by atoms with Crippen molar-refractivity contribution in [3.8, 4) is 23.3 Å². The van der Waals surface area contributed by atoms with Gasteiger partial charge in [-0.3, -0.25) is 0 Å². The number of benzene rings is 3. The highest BCUT2D eigenvalue weighted by atomic mass is 35.5. The minimum absolute atomic E-state index is 0.0505. The van der Waals surface area contributed by atoms with E-state index < -0.39 is 5.92 Å². The Morgan fingerprint density at radius 1 is 1.22 bits per heavy atom. The number of halogens is 1. The molecule has 0 saturated heterocycles. The fourth-order valence-corrected chi connectivity index (χ4v) is 3.66. The van der Waals surface area contributed by atoms with Crippen LogP contribution in [0, 0.1) is 11.3 Å². The quantitative estimate of drug-likeness (QED) is 0.688. The van der Waals surface area contributed by atoms with E-state index in [1.165, 1.54) is 7.11 Å². The number of methoxy groups -OCH3 is 1. The van der Waals surface area contributed by atoms with E-state index in [0.29, 0.717) is 11.3 Å². The number of nitriles is 1. The second-order valence-corrected chi connectivity index (χ2v) is 6.59. The van der Waals surface area contributed by atoms with Gasteiger partial charge in [0.25, 0.3) is 0 Å². The molecule has 0 radical (unpaired) electrons. The Hall–Kier alpha value is -3.36. The van der Waals surface area contributed by atoms with Gasteiger partial charge < -0.3 is 20.3 Å². The predicted octanol–water partition coefficient (Wildman–Crippen LogP) is 4.43. The maximum Gasteiger partial charge on any atom is 0.205 e. The summed E-state index contributed by atoms with van der Waals surface area (Å²) in [6, 6.07) is 17.1. The van der Waals surface area contributed by atoms with Gasteiger partial charge in [-0.05, 0) is 23.1 Å². The lowest BCUT2D eigenvalue weighted by atomic mass is 9.82. The molecule has 5 nitrogen and oxygen atoms in total. The van der Waals surface area contributed by atoms with Gasteiger partial charge in [0.1, 0.15) is 17.4 Å². The predicted molar refractivity (Wildman–Crippen MR) is 103 cm³/mol. The van der Waals surface area contributed by atoms with Crippen LogP contribution in [0.25, 0.3) is 10.8 Å². The van der Waals surface area contributed by atoms with E-state index >= 15 is 0 Å². The van der Waals surface area contributed by atoms with Crippen molar-refractivity contribution < 1.29 is 14.6 Å². The molecule has 0 amide bonds. The van der Waals surface area contributed by atoms with Crippen LogP contribution in [-0.4, -0.2) is 12.2 Å². The first kappa shape index (κ1) is 17.1. The highest BCUT2D eigenvalue weighted by Crippen LogP contribution is 2.47. The van der Waals surface area contributed by atoms with Crippen molar-refractivity contribution in [1.82, 2.24) is 0 Å². The van der Waals surface area contributed by atoms with Crippen molar-refractivity contribution in [2.75, 3.05) is 7.11 Å². The van der Waals surface area contributed by atoms with Crippen molar-refractivity contribution in [2.24, 2.45) is 5.73 Å². The van der Waals surface area contributed by atoms with Crippen LogP contribution < -0.4 is 15.2 Å². The molecule has 0 bridgehead atoms. The number of ether oxygens (including phenoxy) is 2. The molecule has 1 aliphatic rings. The number of phenols is 1. The number of nitrogens with two attached hydrogens (primary N) is 1. The molecule has 1 heterocycles. The van der Waals surface area contributed by atoms with Gasteiger partial charge >= 0.3 is 0 Å². The summed E-state index contributed by atoms with van der Waals surface area (Å²) in [7, 11) is 1.44. The van der Waals surface area contributed by atoms with Crippen LogP contribution in [0.15, 0.2) is 60.0 Å². The first-order valence-electron chi connectivity index (χ1n) is 8.20. The summed E-state index contributed by atoms with van der Waals surface area (Å²) in [5.41, 5.74) is 7.83. The van der Waals surface area contributed by atoms with E-state index in [-0.39, 0.29) is 28.0 Å². The van der Waals surface area contributed by atoms with Crippen molar-refractivity contribution in [3.63, 3.8) is 0 Å². The molecular formula is C21H15ClN2O3. The molecular weight excluding hydrogens is 364 g/mol. The van der Waals surface area contributed by atoms with Crippen LogP contribution in [0.2, 0.25) is 5.02 Å². The van der Waals surface area contributed by atoms with E-state index in [2.05, 4.69) is 6.07 Å². The molecule has 3 aromatic rings. The summed E-state index contributed by atoms with van der Waals surface area (Å²) in [5.74, 6) is 0.244. The van der Waals surface area contributed by atoms with Crippen molar-refractivity contribution in [2.45, 2.75) is 5.92 Å². The van der Waals surface area contributed by atoms with Crippen LogP contribution in [0.4, 0.5) is 0 Å².